The van der Waals surface area contributed by atoms with Crippen molar-refractivity contribution >= 4 is 55.5 Å². The van der Waals surface area contributed by atoms with Crippen molar-refractivity contribution in [3.8, 4) is 0 Å². The number of aromatic nitrogens is 3. The van der Waals surface area contributed by atoms with Crippen LogP contribution in [0.25, 0.3) is 10.5 Å². The summed E-state index contributed by atoms with van der Waals surface area (Å²) in [4.78, 5) is 23.4. The number of fused-ring (bicyclic) bond motifs is 1. The van der Waals surface area contributed by atoms with Gasteiger partial charge in [-0.2, -0.15) is 0 Å². The Morgan fingerprint density at radius 3 is 3.13 bits per heavy atom. The second kappa shape index (κ2) is 4.42. The van der Waals surface area contributed by atoms with Crippen LogP contribution in [-0.4, -0.2) is 31.8 Å². The van der Waals surface area contributed by atoms with Gasteiger partial charge in [0.2, 0.25) is 0 Å². The number of carboxylic acids is 1. The second-order valence-electron chi connectivity index (χ2n) is 2.49. The average molecular weight is 306 g/mol. The van der Waals surface area contributed by atoms with E-state index in [9.17, 15) is 4.79 Å². The van der Waals surface area contributed by atoms with Crippen molar-refractivity contribution in [2.45, 2.75) is 5.03 Å². The molecule has 0 aromatic carbocycles. The number of aliphatic carboxylic acids is 1. The molecule has 0 fully saturated rings. The summed E-state index contributed by atoms with van der Waals surface area (Å²) in [5.74, 6) is -0.882. The quantitative estimate of drug-likeness (QED) is 0.874. The summed E-state index contributed by atoms with van der Waals surface area (Å²) in [6.07, 6.45) is 1.53. The zero-order chi connectivity index (χ0) is 10.8. The molecule has 0 bridgehead atoms. The van der Waals surface area contributed by atoms with Crippen LogP contribution < -0.4 is 0 Å². The number of nitrogens with zero attached hydrogens (tertiary/aromatic N) is 3. The minimum Gasteiger partial charge on any atom is -0.481 e. The van der Waals surface area contributed by atoms with E-state index in [0.717, 1.165) is 15.7 Å². The average Bonchev–Trinajstić information content (AvgIpc) is 2.53. The van der Waals surface area contributed by atoms with Crippen LogP contribution in [0.4, 0.5) is 0 Å². The molecule has 78 valence electrons. The summed E-state index contributed by atoms with van der Waals surface area (Å²) < 4.78 is 0.720. The van der Waals surface area contributed by atoms with Gasteiger partial charge >= 0.3 is 5.97 Å². The first-order valence-electron chi connectivity index (χ1n) is 3.79. The van der Waals surface area contributed by atoms with E-state index in [-0.39, 0.29) is 5.75 Å². The van der Waals surface area contributed by atoms with E-state index in [1.54, 1.807) is 0 Å². The number of thiazole rings is 1. The number of halogens is 1. The maximum Gasteiger partial charge on any atom is 0.313 e. The highest BCUT2D eigenvalue weighted by Crippen LogP contribution is 2.25. The van der Waals surface area contributed by atoms with Crippen LogP contribution in [0.3, 0.4) is 0 Å². The number of rotatable bonds is 3. The van der Waals surface area contributed by atoms with Crippen molar-refractivity contribution in [3.05, 3.63) is 10.1 Å². The van der Waals surface area contributed by atoms with E-state index in [1.165, 1.54) is 17.5 Å². The van der Waals surface area contributed by atoms with E-state index < -0.39 is 5.97 Å². The van der Waals surface area contributed by atoms with Crippen molar-refractivity contribution in [3.63, 3.8) is 0 Å². The van der Waals surface area contributed by atoms with Crippen LogP contribution in [0.5, 0.6) is 0 Å². The molecule has 2 rings (SSSR count). The van der Waals surface area contributed by atoms with Gasteiger partial charge in [0.1, 0.15) is 5.03 Å². The van der Waals surface area contributed by atoms with Crippen LogP contribution in [0.15, 0.2) is 15.1 Å². The third kappa shape index (κ3) is 2.64. The Balaban J connectivity index is 2.26. The lowest BCUT2D eigenvalue weighted by molar-refractivity contribution is -0.133. The predicted octanol–water partition coefficient (Wildman–Crippen LogP) is 2.03. The molecule has 8 heteroatoms. The van der Waals surface area contributed by atoms with E-state index in [0.29, 0.717) is 15.5 Å². The topological polar surface area (TPSA) is 76.0 Å². The predicted molar refractivity (Wildman–Crippen MR) is 61.3 cm³/mol. The fourth-order valence-electron chi connectivity index (χ4n) is 0.887. The van der Waals surface area contributed by atoms with Crippen LogP contribution in [0, 0.1) is 0 Å². The molecular weight excluding hydrogens is 302 g/mol. The summed E-state index contributed by atoms with van der Waals surface area (Å²) in [6, 6.07) is 0. The van der Waals surface area contributed by atoms with Crippen LogP contribution in [0.1, 0.15) is 0 Å². The Morgan fingerprint density at radius 2 is 2.40 bits per heavy atom. The maximum absolute atomic E-state index is 10.4. The molecule has 0 aliphatic carbocycles. The third-order valence-electron chi connectivity index (χ3n) is 1.42. The van der Waals surface area contributed by atoms with Gasteiger partial charge in [0.15, 0.2) is 14.4 Å². The molecule has 2 aromatic rings. The first-order chi connectivity index (χ1) is 7.15. The van der Waals surface area contributed by atoms with Crippen LogP contribution in [0.2, 0.25) is 0 Å². The van der Waals surface area contributed by atoms with E-state index >= 15 is 0 Å². The molecule has 0 aliphatic heterocycles. The molecule has 0 spiro atoms. The highest BCUT2D eigenvalue weighted by atomic mass is 79.9. The van der Waals surface area contributed by atoms with Gasteiger partial charge in [0, 0.05) is 0 Å². The zero-order valence-electron chi connectivity index (χ0n) is 7.18. The molecule has 5 nitrogen and oxygen atoms in total. The summed E-state index contributed by atoms with van der Waals surface area (Å²) in [6.45, 7) is 0. The lowest BCUT2D eigenvalue weighted by Gasteiger charge is -1.95. The Labute approximate surface area is 101 Å². The van der Waals surface area contributed by atoms with Gasteiger partial charge in [0.05, 0.1) is 11.9 Å². The molecule has 0 aliphatic rings. The Bertz CT molecular complexity index is 516. The van der Waals surface area contributed by atoms with Crippen molar-refractivity contribution in [2.24, 2.45) is 0 Å². The zero-order valence-corrected chi connectivity index (χ0v) is 10.4. The molecule has 15 heavy (non-hydrogen) atoms. The second-order valence-corrected chi connectivity index (χ2v) is 5.74. The standard InChI is InChI=1S/C7H4BrN3O2S2/c8-7-11-5-6(15-7)10-3(1-9-5)14-2-4(12)13/h1H,2H2,(H,12,13). The number of hydrogen-bond donors (Lipinski definition) is 1. The maximum atomic E-state index is 10.4. The van der Waals surface area contributed by atoms with Gasteiger partial charge in [-0.25, -0.2) is 15.0 Å². The summed E-state index contributed by atoms with van der Waals surface area (Å²) in [7, 11) is 0. The van der Waals surface area contributed by atoms with Gasteiger partial charge in [0.25, 0.3) is 0 Å². The molecular formula is C7H4BrN3O2S2. The molecule has 0 saturated heterocycles. The highest BCUT2D eigenvalue weighted by molar-refractivity contribution is 9.11. The SMILES string of the molecule is O=C(O)CSc1cnc2nc(Br)sc2n1. The Morgan fingerprint density at radius 1 is 1.60 bits per heavy atom. The number of hydrogen-bond acceptors (Lipinski definition) is 6. The molecule has 0 amide bonds. The van der Waals surface area contributed by atoms with Crippen molar-refractivity contribution in [1.29, 1.82) is 0 Å². The monoisotopic (exact) mass is 305 g/mol. The van der Waals surface area contributed by atoms with Gasteiger partial charge in [-0.15, -0.1) is 0 Å². The van der Waals surface area contributed by atoms with E-state index in [1.807, 2.05) is 0 Å². The number of thioether (sulfide) groups is 1. The van der Waals surface area contributed by atoms with Crippen molar-refractivity contribution in [2.75, 3.05) is 5.75 Å². The summed E-state index contributed by atoms with van der Waals surface area (Å²) in [5.41, 5.74) is 0.576. The Kier molecular flexibility index (Phi) is 3.17. The normalized spacial score (nSPS) is 10.7. The van der Waals surface area contributed by atoms with Crippen molar-refractivity contribution in [1.82, 2.24) is 15.0 Å². The van der Waals surface area contributed by atoms with Gasteiger partial charge in [-0.1, -0.05) is 23.1 Å². The smallest absolute Gasteiger partial charge is 0.313 e. The summed E-state index contributed by atoms with van der Waals surface area (Å²) >= 11 is 5.75. The molecule has 0 atom stereocenters. The lowest BCUT2D eigenvalue weighted by Crippen LogP contribution is -1.98. The van der Waals surface area contributed by atoms with Gasteiger partial charge in [-0.05, 0) is 15.9 Å². The molecule has 0 unspecified atom stereocenters. The molecule has 2 aromatic heterocycles. The largest absolute Gasteiger partial charge is 0.481 e. The van der Waals surface area contributed by atoms with Gasteiger partial charge in [-0.3, -0.25) is 4.79 Å². The lowest BCUT2D eigenvalue weighted by atomic mass is 10.7. The van der Waals surface area contributed by atoms with Crippen LogP contribution in [-0.2, 0) is 4.79 Å². The molecule has 1 N–H and O–H groups in total. The first-order valence-corrected chi connectivity index (χ1v) is 6.38. The van der Waals surface area contributed by atoms with E-state index in [4.69, 9.17) is 5.11 Å². The highest BCUT2D eigenvalue weighted by Gasteiger charge is 2.07. The number of carboxylic acid groups (broad SMARTS) is 1. The fraction of sp³-hybridized carbons (Fsp3) is 0.143. The molecule has 2 heterocycles. The first kappa shape index (κ1) is 10.8. The van der Waals surface area contributed by atoms with Crippen molar-refractivity contribution < 1.29 is 9.90 Å². The Hall–Kier alpha value is -0.730. The van der Waals surface area contributed by atoms with Gasteiger partial charge < -0.3 is 5.11 Å². The number of carbonyl (C=O) groups is 1. The molecule has 0 saturated carbocycles. The van der Waals surface area contributed by atoms with E-state index in [2.05, 4.69) is 30.9 Å². The third-order valence-corrected chi connectivity index (χ3v) is 3.69. The summed E-state index contributed by atoms with van der Waals surface area (Å²) in [5, 5.41) is 9.10. The fourth-order valence-corrected chi connectivity index (χ4v) is 2.75. The minimum atomic E-state index is -0.868. The minimum absolute atomic E-state index is 0.0137. The molecule has 0 radical (unpaired) electrons. The van der Waals surface area contributed by atoms with Crippen LogP contribution >= 0.6 is 39.0 Å².